The molecule has 0 radical (unpaired) electrons. The van der Waals surface area contributed by atoms with Crippen molar-refractivity contribution in [3.05, 3.63) is 59.0 Å². The highest BCUT2D eigenvalue weighted by Gasteiger charge is 2.21. The quantitative estimate of drug-likeness (QED) is 0.830. The lowest BCUT2D eigenvalue weighted by atomic mass is 9.90. The maximum Gasteiger partial charge on any atom is 0.117 e. The maximum absolute atomic E-state index is 5.95. The molecular formula is C16H18ClNO. The van der Waals surface area contributed by atoms with Crippen molar-refractivity contribution in [2.24, 2.45) is 0 Å². The molecule has 1 fully saturated rings. The highest BCUT2D eigenvalue weighted by Crippen LogP contribution is 2.28. The van der Waals surface area contributed by atoms with Gasteiger partial charge in [-0.15, -0.1) is 0 Å². The first kappa shape index (κ1) is 12.8. The van der Waals surface area contributed by atoms with Crippen molar-refractivity contribution in [3.8, 4) is 0 Å². The van der Waals surface area contributed by atoms with E-state index in [4.69, 9.17) is 16.0 Å². The van der Waals surface area contributed by atoms with E-state index < -0.39 is 0 Å². The molecule has 2 aromatic rings. The van der Waals surface area contributed by atoms with E-state index in [9.17, 15) is 0 Å². The van der Waals surface area contributed by atoms with E-state index in [2.05, 4.69) is 17.0 Å². The van der Waals surface area contributed by atoms with Crippen LogP contribution < -0.4 is 0 Å². The SMILES string of the molecule is Clc1ccc([C@@H]2CCCN(Cc3ccco3)C2)cc1. The van der Waals surface area contributed by atoms with Gasteiger partial charge in [-0.3, -0.25) is 4.90 Å². The number of likely N-dealkylation sites (tertiary alicyclic amines) is 1. The fraction of sp³-hybridized carbons (Fsp3) is 0.375. The van der Waals surface area contributed by atoms with Gasteiger partial charge in [-0.05, 0) is 55.1 Å². The second-order valence-electron chi connectivity index (χ2n) is 5.21. The van der Waals surface area contributed by atoms with Gasteiger partial charge < -0.3 is 4.42 Å². The predicted octanol–water partition coefficient (Wildman–Crippen LogP) is 4.31. The van der Waals surface area contributed by atoms with Crippen molar-refractivity contribution in [1.82, 2.24) is 4.90 Å². The van der Waals surface area contributed by atoms with E-state index in [1.807, 2.05) is 24.3 Å². The average molecular weight is 276 g/mol. The van der Waals surface area contributed by atoms with Crippen LogP contribution in [0.2, 0.25) is 5.02 Å². The molecule has 1 aromatic carbocycles. The third kappa shape index (κ3) is 3.20. The van der Waals surface area contributed by atoms with E-state index in [1.54, 1.807) is 6.26 Å². The zero-order valence-corrected chi connectivity index (χ0v) is 11.6. The summed E-state index contributed by atoms with van der Waals surface area (Å²) in [6.45, 7) is 3.17. The molecule has 1 saturated heterocycles. The Morgan fingerprint density at radius 3 is 2.79 bits per heavy atom. The summed E-state index contributed by atoms with van der Waals surface area (Å²) in [5, 5.41) is 0.812. The summed E-state index contributed by atoms with van der Waals surface area (Å²) >= 11 is 5.95. The van der Waals surface area contributed by atoms with Crippen LogP contribution in [0.25, 0.3) is 0 Å². The minimum atomic E-state index is 0.612. The van der Waals surface area contributed by atoms with E-state index in [0.717, 1.165) is 30.4 Å². The van der Waals surface area contributed by atoms with Gasteiger partial charge in [-0.1, -0.05) is 23.7 Å². The Morgan fingerprint density at radius 1 is 1.21 bits per heavy atom. The summed E-state index contributed by atoms with van der Waals surface area (Å²) < 4.78 is 5.43. The number of nitrogens with zero attached hydrogens (tertiary/aromatic N) is 1. The van der Waals surface area contributed by atoms with Crippen LogP contribution in [0.1, 0.15) is 30.1 Å². The Hall–Kier alpha value is -1.25. The van der Waals surface area contributed by atoms with Crippen LogP contribution in [0, 0.1) is 0 Å². The normalized spacial score (nSPS) is 20.6. The molecule has 2 nitrogen and oxygen atoms in total. The molecule has 0 unspecified atom stereocenters. The molecule has 0 amide bonds. The number of benzene rings is 1. The number of rotatable bonds is 3. The third-order valence-electron chi connectivity index (χ3n) is 3.81. The summed E-state index contributed by atoms with van der Waals surface area (Å²) in [7, 11) is 0. The molecule has 0 spiro atoms. The minimum absolute atomic E-state index is 0.612. The van der Waals surface area contributed by atoms with Crippen molar-refractivity contribution in [1.29, 1.82) is 0 Å². The molecule has 19 heavy (non-hydrogen) atoms. The molecule has 2 heterocycles. The molecular weight excluding hydrogens is 258 g/mol. The molecule has 100 valence electrons. The molecule has 1 aliphatic heterocycles. The van der Waals surface area contributed by atoms with E-state index in [1.165, 1.54) is 18.4 Å². The van der Waals surface area contributed by atoms with E-state index in [0.29, 0.717) is 5.92 Å². The first-order valence-electron chi connectivity index (χ1n) is 6.81. The smallest absolute Gasteiger partial charge is 0.117 e. The highest BCUT2D eigenvalue weighted by molar-refractivity contribution is 6.30. The Morgan fingerprint density at radius 2 is 2.05 bits per heavy atom. The van der Waals surface area contributed by atoms with Gasteiger partial charge in [0.1, 0.15) is 5.76 Å². The molecule has 0 N–H and O–H groups in total. The summed E-state index contributed by atoms with van der Waals surface area (Å²) in [5.41, 5.74) is 1.40. The van der Waals surface area contributed by atoms with E-state index in [-0.39, 0.29) is 0 Å². The first-order valence-corrected chi connectivity index (χ1v) is 7.19. The van der Waals surface area contributed by atoms with Gasteiger partial charge in [0.15, 0.2) is 0 Å². The first-order chi connectivity index (χ1) is 9.31. The lowest BCUT2D eigenvalue weighted by Gasteiger charge is -2.32. The molecule has 0 aliphatic carbocycles. The Balaban J connectivity index is 1.66. The number of halogens is 1. The Labute approximate surface area is 119 Å². The van der Waals surface area contributed by atoms with Gasteiger partial charge in [0, 0.05) is 11.6 Å². The molecule has 0 saturated carbocycles. The van der Waals surface area contributed by atoms with Crippen molar-refractivity contribution in [3.63, 3.8) is 0 Å². The largest absolute Gasteiger partial charge is 0.468 e. The van der Waals surface area contributed by atoms with Crippen molar-refractivity contribution in [2.75, 3.05) is 13.1 Å². The molecule has 3 heteroatoms. The van der Waals surface area contributed by atoms with Crippen molar-refractivity contribution < 1.29 is 4.42 Å². The van der Waals surface area contributed by atoms with Crippen LogP contribution in [-0.4, -0.2) is 18.0 Å². The predicted molar refractivity (Wildman–Crippen MR) is 77.4 cm³/mol. The van der Waals surface area contributed by atoms with Crippen LogP contribution in [-0.2, 0) is 6.54 Å². The van der Waals surface area contributed by atoms with Crippen molar-refractivity contribution in [2.45, 2.75) is 25.3 Å². The Bertz CT molecular complexity index is 506. The average Bonchev–Trinajstić information content (AvgIpc) is 2.93. The fourth-order valence-corrected chi connectivity index (χ4v) is 2.96. The summed E-state index contributed by atoms with van der Waals surface area (Å²) in [6, 6.07) is 12.3. The lowest BCUT2D eigenvalue weighted by molar-refractivity contribution is 0.187. The van der Waals surface area contributed by atoms with Gasteiger partial charge in [-0.25, -0.2) is 0 Å². The standard InChI is InChI=1S/C16H18ClNO/c17-15-7-5-13(6-8-15)14-3-1-9-18(11-14)12-16-4-2-10-19-16/h2,4-8,10,14H,1,3,9,11-12H2/t14-/m1/s1. The van der Waals surface area contributed by atoms with Crippen LogP contribution in [0.4, 0.5) is 0 Å². The van der Waals surface area contributed by atoms with Gasteiger partial charge in [0.2, 0.25) is 0 Å². The number of hydrogen-bond donors (Lipinski definition) is 0. The van der Waals surface area contributed by atoms with E-state index >= 15 is 0 Å². The molecule has 1 aromatic heterocycles. The van der Waals surface area contributed by atoms with Crippen LogP contribution in [0.5, 0.6) is 0 Å². The number of piperidine rings is 1. The Kier molecular flexibility index (Phi) is 3.90. The van der Waals surface area contributed by atoms with Crippen LogP contribution in [0.15, 0.2) is 47.1 Å². The van der Waals surface area contributed by atoms with Crippen LogP contribution in [0.3, 0.4) is 0 Å². The molecule has 3 rings (SSSR count). The van der Waals surface area contributed by atoms with Crippen LogP contribution >= 0.6 is 11.6 Å². The summed E-state index contributed by atoms with van der Waals surface area (Å²) in [4.78, 5) is 2.47. The van der Waals surface area contributed by atoms with Crippen molar-refractivity contribution >= 4 is 11.6 Å². The second-order valence-corrected chi connectivity index (χ2v) is 5.64. The molecule has 1 aliphatic rings. The number of furan rings is 1. The zero-order chi connectivity index (χ0) is 13.1. The number of hydrogen-bond acceptors (Lipinski definition) is 2. The fourth-order valence-electron chi connectivity index (χ4n) is 2.83. The van der Waals surface area contributed by atoms with Gasteiger partial charge in [0.05, 0.1) is 12.8 Å². The van der Waals surface area contributed by atoms with Gasteiger partial charge in [0.25, 0.3) is 0 Å². The highest BCUT2D eigenvalue weighted by atomic mass is 35.5. The lowest BCUT2D eigenvalue weighted by Crippen LogP contribution is -2.33. The summed E-state index contributed by atoms with van der Waals surface area (Å²) in [6.07, 6.45) is 4.25. The van der Waals surface area contributed by atoms with Gasteiger partial charge in [-0.2, -0.15) is 0 Å². The minimum Gasteiger partial charge on any atom is -0.468 e. The molecule has 1 atom stereocenters. The molecule has 0 bridgehead atoms. The second kappa shape index (κ2) is 5.81. The van der Waals surface area contributed by atoms with Gasteiger partial charge >= 0.3 is 0 Å². The topological polar surface area (TPSA) is 16.4 Å². The monoisotopic (exact) mass is 275 g/mol. The summed E-state index contributed by atoms with van der Waals surface area (Å²) in [5.74, 6) is 1.66. The third-order valence-corrected chi connectivity index (χ3v) is 4.06. The zero-order valence-electron chi connectivity index (χ0n) is 10.9. The maximum atomic E-state index is 5.95.